The Hall–Kier alpha value is -0.210. The molecule has 0 aliphatic carbocycles. The van der Waals surface area contributed by atoms with E-state index in [-0.39, 0.29) is 5.75 Å². The van der Waals surface area contributed by atoms with Crippen molar-refractivity contribution < 1.29 is 5.11 Å². The minimum Gasteiger partial charge on any atom is -0.508 e. The highest BCUT2D eigenvalue weighted by molar-refractivity contribution is 9.08. The first-order valence-electron chi connectivity index (χ1n) is 3.19. The Bertz CT molecular complexity index is 273. The molecular weight excluding hydrogens is 227 g/mol. The first-order valence-corrected chi connectivity index (χ1v) is 4.69. The molecule has 60 valence electrons. The molecule has 0 atom stereocenters. The lowest BCUT2D eigenvalue weighted by Gasteiger charge is -2.05. The highest BCUT2D eigenvalue weighted by atomic mass is 79.9. The molecule has 3 heteroatoms. The van der Waals surface area contributed by atoms with Crippen molar-refractivity contribution in [3.63, 3.8) is 0 Å². The van der Waals surface area contributed by atoms with Gasteiger partial charge in [-0.25, -0.2) is 0 Å². The molecule has 1 aromatic carbocycles. The van der Waals surface area contributed by atoms with E-state index in [1.807, 2.05) is 6.92 Å². The summed E-state index contributed by atoms with van der Waals surface area (Å²) in [4.78, 5) is 0. The summed E-state index contributed by atoms with van der Waals surface area (Å²) < 4.78 is 0. The molecule has 0 aromatic heterocycles. The summed E-state index contributed by atoms with van der Waals surface area (Å²) in [6.45, 7) is 1.91. The summed E-state index contributed by atoms with van der Waals surface area (Å²) in [7, 11) is 0. The molecular formula is C8H8BrClO. The van der Waals surface area contributed by atoms with Crippen LogP contribution in [0.25, 0.3) is 0 Å². The van der Waals surface area contributed by atoms with Crippen molar-refractivity contribution in [2.75, 3.05) is 0 Å². The highest BCUT2D eigenvalue weighted by Gasteiger charge is 2.06. The third kappa shape index (κ3) is 1.68. The second-order valence-corrected chi connectivity index (χ2v) is 3.27. The molecule has 0 spiro atoms. The van der Waals surface area contributed by atoms with Crippen LogP contribution in [-0.4, -0.2) is 5.11 Å². The zero-order valence-electron chi connectivity index (χ0n) is 6.06. The van der Waals surface area contributed by atoms with Crippen molar-refractivity contribution >= 4 is 27.5 Å². The van der Waals surface area contributed by atoms with E-state index in [2.05, 4.69) is 15.9 Å². The molecule has 11 heavy (non-hydrogen) atoms. The summed E-state index contributed by atoms with van der Waals surface area (Å²) >= 11 is 9.16. The Morgan fingerprint density at radius 2 is 2.18 bits per heavy atom. The fraction of sp³-hybridized carbons (Fsp3) is 0.250. The van der Waals surface area contributed by atoms with Gasteiger partial charge in [0.2, 0.25) is 0 Å². The summed E-state index contributed by atoms with van der Waals surface area (Å²) in [5, 5.41) is 10.5. The lowest BCUT2D eigenvalue weighted by atomic mass is 10.1. The topological polar surface area (TPSA) is 20.2 Å². The van der Waals surface area contributed by atoms with Gasteiger partial charge in [-0.3, -0.25) is 0 Å². The van der Waals surface area contributed by atoms with Crippen LogP contribution in [0.2, 0.25) is 5.02 Å². The second-order valence-electron chi connectivity index (χ2n) is 2.33. The number of hydrogen-bond donors (Lipinski definition) is 1. The summed E-state index contributed by atoms with van der Waals surface area (Å²) in [5.74, 6) is 0.248. The maximum absolute atomic E-state index is 9.30. The Balaban J connectivity index is 3.29. The summed E-state index contributed by atoms with van der Waals surface area (Å²) in [6.07, 6.45) is 0. The van der Waals surface area contributed by atoms with Crippen molar-refractivity contribution in [3.8, 4) is 5.75 Å². The molecule has 0 unspecified atom stereocenters. The van der Waals surface area contributed by atoms with Crippen LogP contribution in [-0.2, 0) is 5.33 Å². The first kappa shape index (κ1) is 8.88. The van der Waals surface area contributed by atoms with E-state index in [1.54, 1.807) is 12.1 Å². The predicted octanol–water partition coefficient (Wildman–Crippen LogP) is 3.25. The molecule has 0 heterocycles. The van der Waals surface area contributed by atoms with Crippen molar-refractivity contribution in [1.29, 1.82) is 0 Å². The van der Waals surface area contributed by atoms with E-state index in [4.69, 9.17) is 11.6 Å². The van der Waals surface area contributed by atoms with Crippen molar-refractivity contribution in [3.05, 3.63) is 28.3 Å². The average Bonchev–Trinajstić information content (AvgIpc) is 1.99. The zero-order chi connectivity index (χ0) is 8.43. The molecule has 0 amide bonds. The number of benzene rings is 1. The van der Waals surface area contributed by atoms with Crippen LogP contribution in [0.4, 0.5) is 0 Å². The van der Waals surface area contributed by atoms with Gasteiger partial charge in [-0.05, 0) is 18.6 Å². The molecule has 1 N–H and O–H groups in total. The Kier molecular flexibility index (Phi) is 2.79. The fourth-order valence-electron chi connectivity index (χ4n) is 0.855. The van der Waals surface area contributed by atoms with E-state index < -0.39 is 0 Å². The van der Waals surface area contributed by atoms with Gasteiger partial charge in [0.25, 0.3) is 0 Å². The van der Waals surface area contributed by atoms with Gasteiger partial charge in [-0.2, -0.15) is 0 Å². The minimum atomic E-state index is 0.248. The van der Waals surface area contributed by atoms with Gasteiger partial charge in [0.15, 0.2) is 0 Å². The van der Waals surface area contributed by atoms with Crippen LogP contribution in [0.15, 0.2) is 12.1 Å². The molecule has 0 saturated heterocycles. The number of rotatable bonds is 1. The molecule has 1 nitrogen and oxygen atoms in total. The van der Waals surface area contributed by atoms with E-state index in [9.17, 15) is 5.11 Å². The Labute approximate surface area is 79.1 Å². The van der Waals surface area contributed by atoms with Gasteiger partial charge >= 0.3 is 0 Å². The zero-order valence-corrected chi connectivity index (χ0v) is 8.41. The van der Waals surface area contributed by atoms with Crippen molar-refractivity contribution in [1.82, 2.24) is 0 Å². The van der Waals surface area contributed by atoms with E-state index in [0.29, 0.717) is 10.4 Å². The molecule has 1 rings (SSSR count). The van der Waals surface area contributed by atoms with Crippen LogP contribution in [0.3, 0.4) is 0 Å². The standard InChI is InChI=1S/C8H8BrClO/c1-5-2-3-7(11)6(4-9)8(5)10/h2-3,11H,4H2,1H3. The number of alkyl halides is 1. The smallest absolute Gasteiger partial charge is 0.121 e. The molecule has 0 aliphatic heterocycles. The third-order valence-electron chi connectivity index (χ3n) is 1.55. The molecule has 0 fully saturated rings. The minimum absolute atomic E-state index is 0.248. The van der Waals surface area contributed by atoms with Gasteiger partial charge in [0.05, 0.1) is 5.02 Å². The Morgan fingerprint density at radius 3 is 2.64 bits per heavy atom. The highest BCUT2D eigenvalue weighted by Crippen LogP contribution is 2.30. The maximum Gasteiger partial charge on any atom is 0.121 e. The number of phenolic OH excluding ortho intramolecular Hbond substituents is 1. The number of aromatic hydroxyl groups is 1. The van der Waals surface area contributed by atoms with Gasteiger partial charge in [-0.15, -0.1) is 0 Å². The van der Waals surface area contributed by atoms with Gasteiger partial charge in [0.1, 0.15) is 5.75 Å². The molecule has 1 aromatic rings. The lowest BCUT2D eigenvalue weighted by molar-refractivity contribution is 0.470. The molecule has 0 radical (unpaired) electrons. The number of halogens is 2. The normalized spacial score (nSPS) is 10.1. The van der Waals surface area contributed by atoms with Crippen LogP contribution in [0, 0.1) is 6.92 Å². The Morgan fingerprint density at radius 1 is 1.55 bits per heavy atom. The van der Waals surface area contributed by atoms with Crippen LogP contribution >= 0.6 is 27.5 Å². The van der Waals surface area contributed by atoms with Crippen LogP contribution in [0.5, 0.6) is 5.75 Å². The van der Waals surface area contributed by atoms with E-state index in [0.717, 1.165) is 11.1 Å². The number of aryl methyl sites for hydroxylation is 1. The third-order valence-corrected chi connectivity index (χ3v) is 2.63. The van der Waals surface area contributed by atoms with Crippen LogP contribution < -0.4 is 0 Å². The largest absolute Gasteiger partial charge is 0.508 e. The maximum atomic E-state index is 9.30. The van der Waals surface area contributed by atoms with Crippen LogP contribution in [0.1, 0.15) is 11.1 Å². The summed E-state index contributed by atoms with van der Waals surface area (Å²) in [6, 6.07) is 3.45. The lowest BCUT2D eigenvalue weighted by Crippen LogP contribution is -1.84. The fourth-order valence-corrected chi connectivity index (χ4v) is 1.81. The molecule has 0 aliphatic rings. The van der Waals surface area contributed by atoms with Gasteiger partial charge in [-0.1, -0.05) is 33.6 Å². The SMILES string of the molecule is Cc1ccc(O)c(CBr)c1Cl. The predicted molar refractivity (Wildman–Crippen MR) is 50.5 cm³/mol. The van der Waals surface area contributed by atoms with Crippen molar-refractivity contribution in [2.24, 2.45) is 0 Å². The summed E-state index contributed by atoms with van der Waals surface area (Å²) in [5.41, 5.74) is 1.74. The number of phenols is 1. The van der Waals surface area contributed by atoms with Gasteiger partial charge < -0.3 is 5.11 Å². The van der Waals surface area contributed by atoms with E-state index >= 15 is 0 Å². The number of hydrogen-bond acceptors (Lipinski definition) is 1. The van der Waals surface area contributed by atoms with E-state index in [1.165, 1.54) is 0 Å². The quantitative estimate of drug-likeness (QED) is 0.741. The van der Waals surface area contributed by atoms with Crippen molar-refractivity contribution in [2.45, 2.75) is 12.3 Å². The first-order chi connectivity index (χ1) is 5.16. The average molecular weight is 236 g/mol. The second kappa shape index (κ2) is 3.46. The molecule has 0 bridgehead atoms. The molecule has 0 saturated carbocycles. The van der Waals surface area contributed by atoms with Gasteiger partial charge in [0, 0.05) is 10.9 Å². The monoisotopic (exact) mass is 234 g/mol.